The van der Waals surface area contributed by atoms with Gasteiger partial charge in [-0.3, -0.25) is 11.3 Å². The molecule has 0 bridgehead atoms. The smallest absolute Gasteiger partial charge is 0.0307 e. The Balaban J connectivity index is 1.80. The lowest BCUT2D eigenvalue weighted by Gasteiger charge is -2.41. The number of nitrogens with two attached hydrogens (primary N) is 1. The minimum atomic E-state index is 0.467. The zero-order chi connectivity index (χ0) is 14.1. The average Bonchev–Trinajstić information content (AvgIpc) is 2.87. The first-order chi connectivity index (χ1) is 9.69. The molecule has 112 valence electrons. The Morgan fingerprint density at radius 2 is 2.00 bits per heavy atom. The second kappa shape index (κ2) is 6.17. The lowest BCUT2D eigenvalue weighted by molar-refractivity contribution is 0.157. The fraction of sp³-hybridized carbons (Fsp3) is 0.765. The normalized spacial score (nSPS) is 35.5. The molecule has 0 aromatic carbocycles. The second-order valence-electron chi connectivity index (χ2n) is 7.17. The average molecular weight is 292 g/mol. The third-order valence-electron chi connectivity index (χ3n) is 5.45. The van der Waals surface area contributed by atoms with Crippen molar-refractivity contribution in [3.05, 3.63) is 21.9 Å². The summed E-state index contributed by atoms with van der Waals surface area (Å²) < 4.78 is 0. The zero-order valence-corrected chi connectivity index (χ0v) is 13.6. The van der Waals surface area contributed by atoms with E-state index in [4.69, 9.17) is 5.84 Å². The van der Waals surface area contributed by atoms with Crippen molar-refractivity contribution in [2.24, 2.45) is 23.6 Å². The summed E-state index contributed by atoms with van der Waals surface area (Å²) in [6.07, 6.45) is 7.98. The van der Waals surface area contributed by atoms with Crippen molar-refractivity contribution in [1.82, 2.24) is 5.43 Å². The zero-order valence-electron chi connectivity index (χ0n) is 12.8. The van der Waals surface area contributed by atoms with Gasteiger partial charge in [0, 0.05) is 16.8 Å². The number of hydrazine groups is 1. The monoisotopic (exact) mass is 292 g/mol. The second-order valence-corrected chi connectivity index (χ2v) is 8.17. The molecule has 3 N–H and O–H groups in total. The third-order valence-corrected chi connectivity index (χ3v) is 6.44. The van der Waals surface area contributed by atoms with Crippen LogP contribution in [-0.4, -0.2) is 6.04 Å². The summed E-state index contributed by atoms with van der Waals surface area (Å²) in [5.41, 5.74) is 4.81. The third kappa shape index (κ3) is 2.81. The summed E-state index contributed by atoms with van der Waals surface area (Å²) in [4.78, 5) is 1.61. The molecule has 1 heterocycles. The molecule has 1 fully saturated rings. The highest BCUT2D eigenvalue weighted by Gasteiger charge is 2.36. The fourth-order valence-electron chi connectivity index (χ4n) is 4.78. The summed E-state index contributed by atoms with van der Waals surface area (Å²) in [6.45, 7) is 4.82. The maximum absolute atomic E-state index is 6.00. The molecule has 20 heavy (non-hydrogen) atoms. The first-order valence-corrected chi connectivity index (χ1v) is 9.09. The van der Waals surface area contributed by atoms with Gasteiger partial charge < -0.3 is 0 Å². The lowest BCUT2D eigenvalue weighted by Crippen LogP contribution is -2.47. The van der Waals surface area contributed by atoms with Crippen LogP contribution in [0.5, 0.6) is 0 Å². The number of aryl methyl sites for hydroxylation is 1. The van der Waals surface area contributed by atoms with Crippen LogP contribution in [0.3, 0.4) is 0 Å². The van der Waals surface area contributed by atoms with Gasteiger partial charge in [-0.2, -0.15) is 0 Å². The van der Waals surface area contributed by atoms with E-state index < -0.39 is 0 Å². The predicted molar refractivity (Wildman–Crippen MR) is 86.8 cm³/mol. The highest BCUT2D eigenvalue weighted by molar-refractivity contribution is 7.10. The minimum absolute atomic E-state index is 0.467. The molecule has 4 unspecified atom stereocenters. The van der Waals surface area contributed by atoms with Gasteiger partial charge in [0.2, 0.25) is 0 Å². The Hall–Kier alpha value is -0.380. The topological polar surface area (TPSA) is 38.0 Å². The SMILES string of the molecule is CC1CC(C)CC(C(NN)C2CCCc3sccc32)C1. The first kappa shape index (κ1) is 14.6. The lowest BCUT2D eigenvalue weighted by atomic mass is 9.68. The van der Waals surface area contributed by atoms with Crippen LogP contribution < -0.4 is 11.3 Å². The molecule has 0 aliphatic heterocycles. The summed E-state index contributed by atoms with van der Waals surface area (Å²) in [7, 11) is 0. The van der Waals surface area contributed by atoms with Gasteiger partial charge in [0.05, 0.1) is 0 Å². The Labute approximate surface area is 127 Å². The van der Waals surface area contributed by atoms with Crippen LogP contribution in [0.15, 0.2) is 11.4 Å². The van der Waals surface area contributed by atoms with Crippen LogP contribution in [0.25, 0.3) is 0 Å². The van der Waals surface area contributed by atoms with E-state index in [0.717, 1.165) is 17.8 Å². The molecule has 0 spiro atoms. The summed E-state index contributed by atoms with van der Waals surface area (Å²) >= 11 is 1.94. The van der Waals surface area contributed by atoms with Gasteiger partial charge in [-0.25, -0.2) is 0 Å². The van der Waals surface area contributed by atoms with Gasteiger partial charge in [0.15, 0.2) is 0 Å². The molecule has 0 amide bonds. The van der Waals surface area contributed by atoms with Gasteiger partial charge in [0.1, 0.15) is 0 Å². The number of thiophene rings is 1. The quantitative estimate of drug-likeness (QED) is 0.651. The van der Waals surface area contributed by atoms with E-state index in [2.05, 4.69) is 30.7 Å². The van der Waals surface area contributed by atoms with Crippen LogP contribution in [0, 0.1) is 17.8 Å². The molecular formula is C17H28N2S. The molecule has 1 saturated carbocycles. The molecule has 0 radical (unpaired) electrons. The van der Waals surface area contributed by atoms with E-state index in [1.54, 1.807) is 10.4 Å². The number of hydrogen-bond acceptors (Lipinski definition) is 3. The summed E-state index contributed by atoms with van der Waals surface area (Å²) in [5, 5.41) is 2.27. The molecule has 3 heteroatoms. The number of nitrogens with one attached hydrogen (secondary N) is 1. The molecule has 3 rings (SSSR count). The van der Waals surface area contributed by atoms with Crippen molar-refractivity contribution in [2.45, 2.75) is 64.3 Å². The van der Waals surface area contributed by atoms with Gasteiger partial charge in [-0.05, 0) is 73.3 Å². The molecule has 2 aliphatic rings. The maximum Gasteiger partial charge on any atom is 0.0307 e. The molecule has 2 nitrogen and oxygen atoms in total. The standard InChI is InChI=1S/C17H28N2S/c1-11-8-12(2)10-13(9-11)17(19-18)15-4-3-5-16-14(15)6-7-20-16/h6-7,11-13,15,17,19H,3-5,8-10,18H2,1-2H3. The van der Waals surface area contributed by atoms with Crippen LogP contribution >= 0.6 is 11.3 Å². The summed E-state index contributed by atoms with van der Waals surface area (Å²) in [5.74, 6) is 9.09. The molecule has 1 aromatic heterocycles. The Morgan fingerprint density at radius 3 is 2.70 bits per heavy atom. The van der Waals surface area contributed by atoms with Crippen LogP contribution in [-0.2, 0) is 6.42 Å². The van der Waals surface area contributed by atoms with E-state index in [0.29, 0.717) is 12.0 Å². The van der Waals surface area contributed by atoms with Gasteiger partial charge in [-0.1, -0.05) is 13.8 Å². The van der Waals surface area contributed by atoms with Crippen molar-refractivity contribution in [2.75, 3.05) is 0 Å². The van der Waals surface area contributed by atoms with Crippen LogP contribution in [0.2, 0.25) is 0 Å². The van der Waals surface area contributed by atoms with E-state index in [9.17, 15) is 0 Å². The van der Waals surface area contributed by atoms with E-state index in [1.807, 2.05) is 11.3 Å². The number of rotatable bonds is 3. The Bertz CT molecular complexity index is 432. The van der Waals surface area contributed by atoms with Gasteiger partial charge >= 0.3 is 0 Å². The van der Waals surface area contributed by atoms with Crippen molar-refractivity contribution in [3.63, 3.8) is 0 Å². The van der Waals surface area contributed by atoms with Crippen molar-refractivity contribution < 1.29 is 0 Å². The Kier molecular flexibility index (Phi) is 4.49. The van der Waals surface area contributed by atoms with E-state index in [-0.39, 0.29) is 0 Å². The molecule has 0 saturated heterocycles. The molecule has 1 aromatic rings. The Morgan fingerprint density at radius 1 is 1.25 bits per heavy atom. The van der Waals surface area contributed by atoms with Gasteiger partial charge in [0.25, 0.3) is 0 Å². The largest absolute Gasteiger partial charge is 0.271 e. The van der Waals surface area contributed by atoms with E-state index in [1.165, 1.54) is 38.5 Å². The first-order valence-electron chi connectivity index (χ1n) is 8.21. The highest BCUT2D eigenvalue weighted by atomic mass is 32.1. The van der Waals surface area contributed by atoms with Crippen molar-refractivity contribution >= 4 is 11.3 Å². The summed E-state index contributed by atoms with van der Waals surface area (Å²) in [6, 6.07) is 2.82. The van der Waals surface area contributed by atoms with E-state index >= 15 is 0 Å². The number of fused-ring (bicyclic) bond motifs is 1. The molecular weight excluding hydrogens is 264 g/mol. The van der Waals surface area contributed by atoms with Crippen LogP contribution in [0.1, 0.15) is 62.3 Å². The fourth-order valence-corrected chi connectivity index (χ4v) is 5.77. The molecule has 2 aliphatic carbocycles. The highest BCUT2D eigenvalue weighted by Crippen LogP contribution is 2.43. The minimum Gasteiger partial charge on any atom is -0.271 e. The maximum atomic E-state index is 6.00. The molecule has 4 atom stereocenters. The van der Waals surface area contributed by atoms with Crippen molar-refractivity contribution in [1.29, 1.82) is 0 Å². The van der Waals surface area contributed by atoms with Gasteiger partial charge in [-0.15, -0.1) is 11.3 Å². The predicted octanol–water partition coefficient (Wildman–Crippen LogP) is 4.07. The number of hydrogen-bond donors (Lipinski definition) is 2. The van der Waals surface area contributed by atoms with Crippen molar-refractivity contribution in [3.8, 4) is 0 Å². The van der Waals surface area contributed by atoms with Crippen LogP contribution in [0.4, 0.5) is 0 Å².